The number of aromatic nitrogens is 4. The molecule has 3 aliphatic rings. The molecule has 0 unspecified atom stereocenters. The average Bonchev–Trinajstić information content (AvgIpc) is 3.66. The highest BCUT2D eigenvalue weighted by Crippen LogP contribution is 2.62. The molecule has 1 spiro atoms. The number of nitrogens with one attached hydrogen (secondary N) is 3. The fourth-order valence-corrected chi connectivity index (χ4v) is 7.48. The Morgan fingerprint density at radius 3 is 2.60 bits per heavy atom. The number of fused-ring (bicyclic) bond motifs is 2. The number of hydrogen-bond donors (Lipinski definition) is 3. The highest BCUT2D eigenvalue weighted by molar-refractivity contribution is 9.10. The molecule has 2 fully saturated rings. The number of aryl methyl sites for hydroxylation is 1. The molecule has 3 N–H and O–H groups in total. The topological polar surface area (TPSA) is 157 Å². The number of halogens is 1. The Balaban J connectivity index is 1.24. The number of anilines is 2. The van der Waals surface area contributed by atoms with Crippen LogP contribution < -0.4 is 10.6 Å². The number of pyridine rings is 2. The van der Waals surface area contributed by atoms with Gasteiger partial charge in [0, 0.05) is 48.6 Å². The van der Waals surface area contributed by atoms with E-state index >= 15 is 0 Å². The molecule has 13 heteroatoms. The predicted molar refractivity (Wildman–Crippen MR) is 187 cm³/mol. The second-order valence-corrected chi connectivity index (χ2v) is 14.2. The van der Waals surface area contributed by atoms with E-state index in [1.54, 1.807) is 30.3 Å². The molecule has 2 bridgehead atoms. The Morgan fingerprint density at radius 2 is 1.83 bits per heavy atom. The molecule has 3 aromatic heterocycles. The molecule has 3 atom stereocenters. The van der Waals surface area contributed by atoms with Gasteiger partial charge in [0.2, 0.25) is 11.8 Å². The molecule has 1 aliphatic carbocycles. The lowest BCUT2D eigenvalue weighted by molar-refractivity contribution is -0.136. The Morgan fingerprint density at radius 1 is 1.08 bits per heavy atom. The van der Waals surface area contributed by atoms with Crippen LogP contribution in [-0.2, 0) is 20.9 Å². The lowest BCUT2D eigenvalue weighted by Crippen LogP contribution is -2.47. The van der Waals surface area contributed by atoms with Crippen LogP contribution >= 0.6 is 15.9 Å². The first-order valence-corrected chi connectivity index (χ1v) is 17.4. The third kappa shape index (κ3) is 7.31. The van der Waals surface area contributed by atoms with E-state index in [1.165, 1.54) is 26.0 Å². The lowest BCUT2D eigenvalue weighted by atomic mass is 9.92. The minimum atomic E-state index is -0.630. The minimum Gasteiger partial charge on any atom is -0.374 e. The number of ketones is 1. The first kappa shape index (κ1) is 33.8. The Labute approximate surface area is 289 Å². The van der Waals surface area contributed by atoms with Crippen molar-refractivity contribution in [1.82, 2.24) is 29.7 Å². The largest absolute Gasteiger partial charge is 0.374 e. The predicted octanol–water partition coefficient (Wildman–Crippen LogP) is 5.16. The van der Waals surface area contributed by atoms with E-state index in [0.717, 1.165) is 44.2 Å². The monoisotopic (exact) mass is 715 g/mol. The van der Waals surface area contributed by atoms with Crippen molar-refractivity contribution in [1.29, 1.82) is 5.41 Å². The zero-order valence-corrected chi connectivity index (χ0v) is 29.3. The van der Waals surface area contributed by atoms with Crippen LogP contribution in [0.2, 0.25) is 0 Å². The van der Waals surface area contributed by atoms with Gasteiger partial charge >= 0.3 is 0 Å². The number of piperidine rings is 1. The van der Waals surface area contributed by atoms with Crippen LogP contribution in [-0.4, -0.2) is 85.3 Å². The molecule has 2 aliphatic heterocycles. The van der Waals surface area contributed by atoms with Crippen molar-refractivity contribution >= 4 is 50.7 Å². The van der Waals surface area contributed by atoms with Crippen LogP contribution in [0.4, 0.5) is 11.5 Å². The number of rotatable bonds is 6. The Kier molecular flexibility index (Phi) is 9.98. The standard InChI is InChI=1S/C35H42BrN9O3/c1-21(46)32(37)25-13-26(24-16-38-22(2)39-17-24)40-18-27(25)41-19-31(47)45-28-14-35(15-29(35)45)11-7-5-4-6-8-12-44(3)20-23-9-10-30(36)42-33(23)43-34(28)48/h9-10,13,16-18,28-29,37,41H,4-8,11-12,14-15,19-20H2,1-3H3,(H,42,43,48)/t28-,29+,35-/m0/s1. The smallest absolute Gasteiger partial charge is 0.248 e. The molecule has 2 amide bonds. The van der Waals surface area contributed by atoms with Gasteiger partial charge in [-0.2, -0.15) is 0 Å². The summed E-state index contributed by atoms with van der Waals surface area (Å²) in [7, 11) is 2.09. The van der Waals surface area contributed by atoms with Gasteiger partial charge in [0.25, 0.3) is 0 Å². The molecule has 6 rings (SSSR count). The summed E-state index contributed by atoms with van der Waals surface area (Å²) in [6, 6.07) is 4.87. The summed E-state index contributed by atoms with van der Waals surface area (Å²) >= 11 is 3.46. The summed E-state index contributed by atoms with van der Waals surface area (Å²) in [6.45, 7) is 4.63. The Bertz CT molecular complexity index is 1730. The fourth-order valence-electron chi connectivity index (χ4n) is 7.17. The summed E-state index contributed by atoms with van der Waals surface area (Å²) in [5, 5.41) is 14.7. The lowest BCUT2D eigenvalue weighted by Gasteiger charge is -2.28. The maximum atomic E-state index is 14.0. The van der Waals surface area contributed by atoms with Gasteiger partial charge in [-0.05, 0) is 79.7 Å². The van der Waals surface area contributed by atoms with E-state index in [9.17, 15) is 14.4 Å². The molecule has 12 nitrogen and oxygen atoms in total. The molecule has 0 radical (unpaired) electrons. The van der Waals surface area contributed by atoms with Crippen LogP contribution in [0, 0.1) is 17.7 Å². The Hall–Kier alpha value is -4.10. The highest BCUT2D eigenvalue weighted by atomic mass is 79.9. The second kappa shape index (κ2) is 14.2. The van der Waals surface area contributed by atoms with Crippen molar-refractivity contribution in [3.05, 3.63) is 58.3 Å². The van der Waals surface area contributed by atoms with E-state index in [2.05, 4.69) is 58.4 Å². The van der Waals surface area contributed by atoms with Crippen LogP contribution in [0.1, 0.15) is 75.2 Å². The van der Waals surface area contributed by atoms with E-state index in [1.807, 2.05) is 12.1 Å². The van der Waals surface area contributed by atoms with Gasteiger partial charge in [-0.1, -0.05) is 31.7 Å². The first-order valence-electron chi connectivity index (χ1n) is 16.6. The van der Waals surface area contributed by atoms with E-state index in [-0.39, 0.29) is 35.5 Å². The molecule has 3 aromatic rings. The van der Waals surface area contributed by atoms with Crippen molar-refractivity contribution in [2.45, 2.75) is 83.8 Å². The third-order valence-electron chi connectivity index (χ3n) is 9.88. The average molecular weight is 717 g/mol. The number of carbonyl (C=O) groups is 3. The number of Topliss-reactive ketones (excluding diaryl/α,β-unsaturated/α-hetero) is 1. The van der Waals surface area contributed by atoms with Crippen molar-refractivity contribution in [3.8, 4) is 11.3 Å². The van der Waals surface area contributed by atoms with E-state index in [4.69, 9.17) is 5.41 Å². The van der Waals surface area contributed by atoms with Crippen molar-refractivity contribution in [2.24, 2.45) is 5.41 Å². The van der Waals surface area contributed by atoms with E-state index in [0.29, 0.717) is 51.7 Å². The minimum absolute atomic E-state index is 0.00340. The zero-order valence-electron chi connectivity index (χ0n) is 27.7. The van der Waals surface area contributed by atoms with Gasteiger partial charge in [-0.25, -0.2) is 15.0 Å². The molecular formula is C35H42BrN9O3. The SMILES string of the molecule is CC(=O)C(=N)c1cc(-c2cnc(C)nc2)ncc1NCC(=O)N1[C@H]2C[C@@]3(CCCCCCCN(C)Cc4ccc(Br)nc4NC2=O)C[C@@H]13. The van der Waals surface area contributed by atoms with Gasteiger partial charge in [-0.3, -0.25) is 24.8 Å². The van der Waals surface area contributed by atoms with E-state index < -0.39 is 11.8 Å². The fraction of sp³-hybridized carbons (Fsp3) is 0.486. The highest BCUT2D eigenvalue weighted by Gasteiger charge is 2.66. The molecule has 0 aromatic carbocycles. The van der Waals surface area contributed by atoms with Crippen molar-refractivity contribution in [2.75, 3.05) is 30.8 Å². The van der Waals surface area contributed by atoms with Gasteiger partial charge < -0.3 is 20.4 Å². The molecule has 48 heavy (non-hydrogen) atoms. The number of nitrogens with zero attached hydrogens (tertiary/aromatic N) is 6. The molecule has 5 heterocycles. The van der Waals surface area contributed by atoms with Gasteiger partial charge in [-0.15, -0.1) is 0 Å². The molecular weight excluding hydrogens is 674 g/mol. The summed E-state index contributed by atoms with van der Waals surface area (Å²) in [6.07, 6.45) is 13.0. The van der Waals surface area contributed by atoms with Crippen molar-refractivity contribution in [3.63, 3.8) is 0 Å². The molecule has 252 valence electrons. The van der Waals surface area contributed by atoms with Crippen LogP contribution in [0.25, 0.3) is 11.3 Å². The maximum Gasteiger partial charge on any atom is 0.248 e. The third-order valence-corrected chi connectivity index (χ3v) is 10.3. The zero-order chi connectivity index (χ0) is 34.0. The normalized spacial score (nSPS) is 23.1. The molecule has 1 saturated carbocycles. The maximum absolute atomic E-state index is 14.0. The number of hydrogen-bond acceptors (Lipinski definition) is 10. The van der Waals surface area contributed by atoms with Crippen LogP contribution in [0.15, 0.2) is 41.4 Å². The summed E-state index contributed by atoms with van der Waals surface area (Å²) < 4.78 is 0.628. The van der Waals surface area contributed by atoms with Gasteiger partial charge in [0.05, 0.1) is 24.1 Å². The number of amides is 2. The number of carbonyl (C=O) groups excluding carboxylic acids is 3. The quantitative estimate of drug-likeness (QED) is 0.232. The summed E-state index contributed by atoms with van der Waals surface area (Å²) in [5.41, 5.74) is 2.54. The van der Waals surface area contributed by atoms with Crippen LogP contribution in [0.3, 0.4) is 0 Å². The first-order chi connectivity index (χ1) is 23.0. The molecule has 1 saturated heterocycles. The van der Waals surface area contributed by atoms with Gasteiger partial charge in [0.15, 0.2) is 5.78 Å². The summed E-state index contributed by atoms with van der Waals surface area (Å²) in [4.78, 5) is 62.0. The van der Waals surface area contributed by atoms with Crippen molar-refractivity contribution < 1.29 is 14.4 Å². The second-order valence-electron chi connectivity index (χ2n) is 13.4. The van der Waals surface area contributed by atoms with Gasteiger partial charge in [0.1, 0.15) is 28.0 Å². The number of likely N-dealkylation sites (tertiary alicyclic amines) is 1. The summed E-state index contributed by atoms with van der Waals surface area (Å²) in [5.74, 6) is 0.262. The van der Waals surface area contributed by atoms with Crippen LogP contribution in [0.5, 0.6) is 0 Å².